The number of nitrogens with zero attached hydrogens (tertiary/aromatic N) is 1. The first-order chi connectivity index (χ1) is 10.8. The van der Waals surface area contributed by atoms with Crippen molar-refractivity contribution in [3.8, 4) is 0 Å². The van der Waals surface area contributed by atoms with E-state index in [0.29, 0.717) is 30.9 Å². The van der Waals surface area contributed by atoms with Gasteiger partial charge in [-0.15, -0.1) is 0 Å². The molecule has 1 aromatic carbocycles. The molecule has 0 radical (unpaired) electrons. The largest absolute Gasteiger partial charge is 0.378 e. The second-order valence-corrected chi connectivity index (χ2v) is 8.95. The van der Waals surface area contributed by atoms with Crippen LogP contribution in [0.1, 0.15) is 36.0 Å². The van der Waals surface area contributed by atoms with Crippen LogP contribution >= 0.6 is 0 Å². The highest BCUT2D eigenvalue weighted by Crippen LogP contribution is 2.27. The molecule has 1 N–H and O–H groups in total. The van der Waals surface area contributed by atoms with Gasteiger partial charge in [0, 0.05) is 38.1 Å². The summed E-state index contributed by atoms with van der Waals surface area (Å²) in [7, 11) is 0.994. The lowest BCUT2D eigenvalue weighted by molar-refractivity contribution is 0.0943. The van der Waals surface area contributed by atoms with Crippen LogP contribution < -0.4 is 10.2 Å². The number of anilines is 1. The zero-order valence-corrected chi connectivity index (χ0v) is 14.9. The van der Waals surface area contributed by atoms with Gasteiger partial charge in [0.05, 0.1) is 5.25 Å². The first-order valence-corrected chi connectivity index (χ1v) is 9.97. The third-order valence-corrected chi connectivity index (χ3v) is 6.28. The van der Waals surface area contributed by atoms with Gasteiger partial charge in [-0.1, -0.05) is 0 Å². The monoisotopic (exact) mass is 338 g/mol. The minimum absolute atomic E-state index is 0.0689. The lowest BCUT2D eigenvalue weighted by Crippen LogP contribution is -2.33. The standard InChI is InChI=1S/C17H26N2O3S/c1-19(2)15-8-6-14(7-9-15)17(20)18-12-13-4-10-16(11-5-13)23(3,21)22/h6-9,13,16H,4-5,10-12H2,1-3H3,(H,18,20). The Morgan fingerprint density at radius 3 is 2.17 bits per heavy atom. The number of benzene rings is 1. The second-order valence-electron chi connectivity index (χ2n) is 6.62. The molecule has 23 heavy (non-hydrogen) atoms. The molecule has 1 fully saturated rings. The first kappa shape index (κ1) is 17.8. The molecular weight excluding hydrogens is 312 g/mol. The van der Waals surface area contributed by atoms with Gasteiger partial charge in [-0.25, -0.2) is 8.42 Å². The molecule has 0 unspecified atom stereocenters. The van der Waals surface area contributed by atoms with Gasteiger partial charge in [-0.2, -0.15) is 0 Å². The van der Waals surface area contributed by atoms with Gasteiger partial charge in [-0.05, 0) is 55.9 Å². The fraction of sp³-hybridized carbons (Fsp3) is 0.588. The zero-order valence-electron chi connectivity index (χ0n) is 14.1. The summed E-state index contributed by atoms with van der Waals surface area (Å²) < 4.78 is 23.1. The maximum atomic E-state index is 12.2. The van der Waals surface area contributed by atoms with Crippen molar-refractivity contribution >= 4 is 21.4 Å². The lowest BCUT2D eigenvalue weighted by atomic mass is 9.89. The Bertz CT molecular complexity index is 630. The molecule has 1 aromatic rings. The topological polar surface area (TPSA) is 66.5 Å². The van der Waals surface area contributed by atoms with Crippen molar-refractivity contribution in [1.29, 1.82) is 0 Å². The van der Waals surface area contributed by atoms with Crippen molar-refractivity contribution in [3.05, 3.63) is 29.8 Å². The summed E-state index contributed by atoms with van der Waals surface area (Å²) in [5, 5.41) is 2.77. The third kappa shape index (κ3) is 4.96. The average molecular weight is 338 g/mol. The third-order valence-electron chi connectivity index (χ3n) is 4.60. The molecule has 128 valence electrons. The van der Waals surface area contributed by atoms with Crippen LogP contribution in [0.15, 0.2) is 24.3 Å². The zero-order chi connectivity index (χ0) is 17.0. The summed E-state index contributed by atoms with van der Waals surface area (Å²) in [5.41, 5.74) is 1.71. The van der Waals surface area contributed by atoms with Crippen LogP contribution in [-0.2, 0) is 9.84 Å². The molecule has 0 heterocycles. The van der Waals surface area contributed by atoms with Crippen molar-refractivity contribution < 1.29 is 13.2 Å². The summed E-state index contributed by atoms with van der Waals surface area (Å²) in [6.07, 6.45) is 4.44. The highest BCUT2D eigenvalue weighted by molar-refractivity contribution is 7.91. The molecule has 1 aliphatic carbocycles. The normalized spacial score (nSPS) is 21.7. The SMILES string of the molecule is CN(C)c1ccc(C(=O)NCC2CCC(S(C)(=O)=O)CC2)cc1. The molecule has 0 saturated heterocycles. The summed E-state index contributed by atoms with van der Waals surface area (Å²) in [6.45, 7) is 0.616. The number of carbonyl (C=O) groups excluding carboxylic acids is 1. The highest BCUT2D eigenvalue weighted by Gasteiger charge is 2.27. The van der Waals surface area contributed by atoms with Crippen LogP contribution in [0.5, 0.6) is 0 Å². The molecule has 0 spiro atoms. The molecule has 1 saturated carbocycles. The Morgan fingerprint density at radius 1 is 1.13 bits per heavy atom. The maximum Gasteiger partial charge on any atom is 0.251 e. The van der Waals surface area contributed by atoms with E-state index in [9.17, 15) is 13.2 Å². The summed E-state index contributed by atoms with van der Waals surface area (Å²) in [5.74, 6) is 0.304. The molecule has 5 nitrogen and oxygen atoms in total. The molecule has 1 aliphatic rings. The van der Waals surface area contributed by atoms with Gasteiger partial charge in [-0.3, -0.25) is 4.79 Å². The highest BCUT2D eigenvalue weighted by atomic mass is 32.2. The van der Waals surface area contributed by atoms with Crippen molar-refractivity contribution in [3.63, 3.8) is 0 Å². The number of nitrogens with one attached hydrogen (secondary N) is 1. The van der Waals surface area contributed by atoms with Crippen LogP contribution in [0.2, 0.25) is 0 Å². The van der Waals surface area contributed by atoms with Crippen LogP contribution in [0.25, 0.3) is 0 Å². The van der Waals surface area contributed by atoms with E-state index in [2.05, 4.69) is 5.32 Å². The Hall–Kier alpha value is -1.56. The summed E-state index contributed by atoms with van der Waals surface area (Å²) >= 11 is 0. The minimum atomic E-state index is -2.93. The van der Waals surface area contributed by atoms with Crippen molar-refractivity contribution in [2.45, 2.75) is 30.9 Å². The number of amides is 1. The number of hydrogen-bond acceptors (Lipinski definition) is 4. The van der Waals surface area contributed by atoms with E-state index >= 15 is 0 Å². The van der Waals surface area contributed by atoms with Crippen LogP contribution in [0.4, 0.5) is 5.69 Å². The summed E-state index contributed by atoms with van der Waals surface area (Å²) in [4.78, 5) is 14.2. The van der Waals surface area contributed by atoms with Crippen molar-refractivity contribution in [1.82, 2.24) is 5.32 Å². The van der Waals surface area contributed by atoms with E-state index in [1.165, 1.54) is 6.26 Å². The fourth-order valence-electron chi connectivity index (χ4n) is 3.01. The fourth-order valence-corrected chi connectivity index (χ4v) is 4.14. The Labute approximate surface area is 139 Å². The summed E-state index contributed by atoms with van der Waals surface area (Å²) in [6, 6.07) is 7.49. The van der Waals surface area contributed by atoms with E-state index in [4.69, 9.17) is 0 Å². The van der Waals surface area contributed by atoms with E-state index in [0.717, 1.165) is 18.5 Å². The molecule has 1 amide bonds. The predicted molar refractivity (Wildman–Crippen MR) is 93.7 cm³/mol. The molecule has 6 heteroatoms. The second kappa shape index (κ2) is 7.34. The molecule has 0 bridgehead atoms. The van der Waals surface area contributed by atoms with E-state index in [-0.39, 0.29) is 11.2 Å². The van der Waals surface area contributed by atoms with Crippen molar-refractivity contribution in [2.24, 2.45) is 5.92 Å². The van der Waals surface area contributed by atoms with E-state index in [1.807, 2.05) is 43.3 Å². The predicted octanol–water partition coefficient (Wildman–Crippen LogP) is 2.09. The molecule has 0 aliphatic heterocycles. The lowest BCUT2D eigenvalue weighted by Gasteiger charge is -2.27. The van der Waals surface area contributed by atoms with Gasteiger partial charge in [0.15, 0.2) is 0 Å². The number of carbonyl (C=O) groups is 1. The Morgan fingerprint density at radius 2 is 1.70 bits per heavy atom. The van der Waals surface area contributed by atoms with Crippen LogP contribution in [-0.4, -0.2) is 46.5 Å². The quantitative estimate of drug-likeness (QED) is 0.893. The molecular formula is C17H26N2O3S. The van der Waals surface area contributed by atoms with Gasteiger partial charge in [0.2, 0.25) is 0 Å². The smallest absolute Gasteiger partial charge is 0.251 e. The maximum absolute atomic E-state index is 12.2. The molecule has 0 atom stereocenters. The molecule has 0 aromatic heterocycles. The van der Waals surface area contributed by atoms with Crippen LogP contribution in [0, 0.1) is 5.92 Å². The van der Waals surface area contributed by atoms with Crippen LogP contribution in [0.3, 0.4) is 0 Å². The Balaban J connectivity index is 1.81. The number of hydrogen-bond donors (Lipinski definition) is 1. The van der Waals surface area contributed by atoms with E-state index < -0.39 is 9.84 Å². The van der Waals surface area contributed by atoms with Gasteiger partial charge >= 0.3 is 0 Å². The minimum Gasteiger partial charge on any atom is -0.378 e. The van der Waals surface area contributed by atoms with Gasteiger partial charge < -0.3 is 10.2 Å². The average Bonchev–Trinajstić information content (AvgIpc) is 2.52. The first-order valence-electron chi connectivity index (χ1n) is 8.02. The van der Waals surface area contributed by atoms with Gasteiger partial charge in [0.1, 0.15) is 9.84 Å². The van der Waals surface area contributed by atoms with Gasteiger partial charge in [0.25, 0.3) is 5.91 Å². The number of sulfone groups is 1. The number of rotatable bonds is 5. The van der Waals surface area contributed by atoms with Crippen molar-refractivity contribution in [2.75, 3.05) is 31.8 Å². The Kier molecular flexibility index (Phi) is 5.68. The van der Waals surface area contributed by atoms with E-state index in [1.54, 1.807) is 0 Å². The molecule has 2 rings (SSSR count).